The predicted molar refractivity (Wildman–Crippen MR) is 122 cm³/mol. The van der Waals surface area contributed by atoms with Crippen LogP contribution in [0.4, 0.5) is 5.69 Å². The van der Waals surface area contributed by atoms with Crippen LogP contribution in [0.1, 0.15) is 54.9 Å². The summed E-state index contributed by atoms with van der Waals surface area (Å²) in [5.41, 5.74) is 2.11. The van der Waals surface area contributed by atoms with E-state index < -0.39 is 6.04 Å². The molecule has 1 aliphatic rings. The second kappa shape index (κ2) is 10.4. The van der Waals surface area contributed by atoms with Gasteiger partial charge in [-0.2, -0.15) is 0 Å². The minimum atomic E-state index is -0.747. The lowest BCUT2D eigenvalue weighted by molar-refractivity contribution is -0.121. The molecule has 0 saturated heterocycles. The number of carbonyl (C=O) groups excluding carboxylic acids is 3. The van der Waals surface area contributed by atoms with Crippen molar-refractivity contribution >= 4 is 35.0 Å². The Kier molecular flexibility index (Phi) is 7.69. The molecule has 0 aliphatic carbocycles. The van der Waals surface area contributed by atoms with Crippen LogP contribution in [0, 0.1) is 5.92 Å². The van der Waals surface area contributed by atoms with Crippen LogP contribution in [-0.4, -0.2) is 30.3 Å². The van der Waals surface area contributed by atoms with Gasteiger partial charge in [0.2, 0.25) is 11.8 Å². The number of carbonyl (C=O) groups is 3. The molecule has 3 N–H and O–H groups in total. The summed E-state index contributed by atoms with van der Waals surface area (Å²) in [7, 11) is 0. The van der Waals surface area contributed by atoms with Gasteiger partial charge in [0, 0.05) is 18.0 Å². The molecule has 0 unspecified atom stereocenters. The number of benzene rings is 2. The van der Waals surface area contributed by atoms with Gasteiger partial charge in [0.1, 0.15) is 6.04 Å². The van der Waals surface area contributed by atoms with Crippen LogP contribution in [0.2, 0.25) is 5.02 Å². The molecular weight excluding hydrogens is 414 g/mol. The molecule has 31 heavy (non-hydrogen) atoms. The third kappa shape index (κ3) is 6.07. The number of para-hydroxylation sites is 1. The number of rotatable bonds is 8. The molecule has 0 saturated carbocycles. The average Bonchev–Trinajstić information content (AvgIpc) is 2.86. The van der Waals surface area contributed by atoms with Gasteiger partial charge in [-0.1, -0.05) is 49.7 Å². The van der Waals surface area contributed by atoms with E-state index in [1.54, 1.807) is 24.3 Å². The van der Waals surface area contributed by atoms with Gasteiger partial charge in [0.25, 0.3) is 5.91 Å². The average molecular weight is 442 g/mol. The van der Waals surface area contributed by atoms with E-state index in [1.165, 1.54) is 5.56 Å². The Morgan fingerprint density at radius 3 is 2.52 bits per heavy atom. The van der Waals surface area contributed by atoms with Crippen LogP contribution in [0.3, 0.4) is 0 Å². The summed E-state index contributed by atoms with van der Waals surface area (Å²) >= 11 is 5.98. The van der Waals surface area contributed by atoms with Crippen LogP contribution < -0.4 is 16.0 Å². The van der Waals surface area contributed by atoms with E-state index in [1.807, 2.05) is 24.3 Å². The van der Waals surface area contributed by atoms with E-state index >= 15 is 0 Å². The van der Waals surface area contributed by atoms with Crippen molar-refractivity contribution in [2.75, 3.05) is 11.9 Å². The topological polar surface area (TPSA) is 87.3 Å². The van der Waals surface area contributed by atoms with E-state index in [0.717, 1.165) is 6.42 Å². The molecule has 2 atom stereocenters. The van der Waals surface area contributed by atoms with E-state index in [4.69, 9.17) is 11.6 Å². The molecule has 2 aromatic carbocycles. The zero-order valence-electron chi connectivity index (χ0n) is 17.8. The molecule has 0 spiro atoms. The number of amides is 3. The number of halogens is 1. The van der Waals surface area contributed by atoms with Crippen molar-refractivity contribution in [1.29, 1.82) is 0 Å². The first-order chi connectivity index (χ1) is 14.8. The van der Waals surface area contributed by atoms with Crippen LogP contribution in [0.15, 0.2) is 48.5 Å². The molecule has 2 aromatic rings. The van der Waals surface area contributed by atoms with Crippen molar-refractivity contribution in [1.82, 2.24) is 10.6 Å². The summed E-state index contributed by atoms with van der Waals surface area (Å²) in [4.78, 5) is 37.1. The first-order valence-electron chi connectivity index (χ1n) is 10.6. The predicted octanol–water partition coefficient (Wildman–Crippen LogP) is 4.12. The maximum atomic E-state index is 12.4. The molecule has 1 aliphatic heterocycles. The number of fused-ring (bicyclic) bond motifs is 1. The van der Waals surface area contributed by atoms with Crippen molar-refractivity contribution in [2.24, 2.45) is 5.92 Å². The summed E-state index contributed by atoms with van der Waals surface area (Å²) in [6, 6.07) is 13.9. The zero-order chi connectivity index (χ0) is 22.4. The first-order valence-corrected chi connectivity index (χ1v) is 11.0. The van der Waals surface area contributed by atoms with E-state index in [-0.39, 0.29) is 30.6 Å². The Morgan fingerprint density at radius 1 is 1.10 bits per heavy atom. The Bertz CT molecular complexity index is 943. The molecule has 0 bridgehead atoms. The Hall–Kier alpha value is -2.86. The highest BCUT2D eigenvalue weighted by atomic mass is 35.5. The fraction of sp³-hybridized carbons (Fsp3) is 0.375. The molecule has 0 aromatic heterocycles. The van der Waals surface area contributed by atoms with Gasteiger partial charge < -0.3 is 16.0 Å². The Balaban J connectivity index is 1.48. The molecule has 6 nitrogen and oxygen atoms in total. The van der Waals surface area contributed by atoms with E-state index in [0.29, 0.717) is 34.7 Å². The second-order valence-electron chi connectivity index (χ2n) is 8.14. The standard InChI is InChI=1S/C24H28ClN3O3/c1-15(2)18(16-7-9-17(25)10-8-16)13-14-26-22(29)12-11-21-24(31)27-20-6-4-3-5-19(20)23(30)28-21/h3-10,15,18,21H,11-14H2,1-2H3,(H,26,29)(H,27,31)(H,28,30)/t18-,21+/m0/s1. The van der Waals surface area contributed by atoms with Crippen molar-refractivity contribution < 1.29 is 14.4 Å². The van der Waals surface area contributed by atoms with Crippen LogP contribution in [0.25, 0.3) is 0 Å². The lowest BCUT2D eigenvalue weighted by Crippen LogP contribution is -2.42. The summed E-state index contributed by atoms with van der Waals surface area (Å²) in [6.45, 7) is 4.86. The van der Waals surface area contributed by atoms with Gasteiger partial charge in [-0.15, -0.1) is 0 Å². The minimum Gasteiger partial charge on any atom is -0.356 e. The summed E-state index contributed by atoms with van der Waals surface area (Å²) in [5, 5.41) is 9.11. The quantitative estimate of drug-likeness (QED) is 0.575. The van der Waals surface area contributed by atoms with Gasteiger partial charge in [-0.3, -0.25) is 14.4 Å². The summed E-state index contributed by atoms with van der Waals surface area (Å²) in [5.74, 6) is -0.0363. The molecule has 0 fully saturated rings. The van der Waals surface area contributed by atoms with Crippen LogP contribution >= 0.6 is 11.6 Å². The highest BCUT2D eigenvalue weighted by Crippen LogP contribution is 2.28. The molecule has 0 radical (unpaired) electrons. The number of anilines is 1. The van der Waals surface area contributed by atoms with Crippen molar-refractivity contribution in [3.05, 3.63) is 64.7 Å². The van der Waals surface area contributed by atoms with E-state index in [9.17, 15) is 14.4 Å². The molecule has 3 rings (SSSR count). The van der Waals surface area contributed by atoms with Gasteiger partial charge in [0.05, 0.1) is 11.3 Å². The maximum absolute atomic E-state index is 12.4. The van der Waals surface area contributed by atoms with Crippen molar-refractivity contribution in [3.63, 3.8) is 0 Å². The zero-order valence-corrected chi connectivity index (χ0v) is 18.5. The Morgan fingerprint density at radius 2 is 1.81 bits per heavy atom. The molecule has 7 heteroatoms. The fourth-order valence-electron chi connectivity index (χ4n) is 3.84. The number of nitrogens with one attached hydrogen (secondary N) is 3. The number of hydrogen-bond acceptors (Lipinski definition) is 3. The molecule has 164 valence electrons. The largest absolute Gasteiger partial charge is 0.356 e. The van der Waals surface area contributed by atoms with Crippen LogP contribution in [-0.2, 0) is 9.59 Å². The SMILES string of the molecule is CC(C)[C@H](CCNC(=O)CC[C@H]1NC(=O)c2ccccc2NC1=O)c1ccc(Cl)cc1. The van der Waals surface area contributed by atoms with Gasteiger partial charge in [-0.25, -0.2) is 0 Å². The van der Waals surface area contributed by atoms with Crippen molar-refractivity contribution in [3.8, 4) is 0 Å². The summed E-state index contributed by atoms with van der Waals surface area (Å²) < 4.78 is 0. The van der Waals surface area contributed by atoms with E-state index in [2.05, 4.69) is 29.8 Å². The van der Waals surface area contributed by atoms with Crippen LogP contribution in [0.5, 0.6) is 0 Å². The highest BCUT2D eigenvalue weighted by Gasteiger charge is 2.27. The third-order valence-corrected chi connectivity index (χ3v) is 5.84. The first kappa shape index (κ1) is 22.8. The monoisotopic (exact) mass is 441 g/mol. The minimum absolute atomic E-state index is 0.137. The smallest absolute Gasteiger partial charge is 0.254 e. The van der Waals surface area contributed by atoms with Gasteiger partial charge in [-0.05, 0) is 54.5 Å². The number of hydrogen-bond donors (Lipinski definition) is 3. The molecular formula is C24H28ClN3O3. The highest BCUT2D eigenvalue weighted by molar-refractivity contribution is 6.30. The maximum Gasteiger partial charge on any atom is 0.254 e. The van der Waals surface area contributed by atoms with Gasteiger partial charge >= 0.3 is 0 Å². The second-order valence-corrected chi connectivity index (χ2v) is 8.58. The third-order valence-electron chi connectivity index (χ3n) is 5.59. The van der Waals surface area contributed by atoms with Gasteiger partial charge in [0.15, 0.2) is 0 Å². The molecule has 3 amide bonds. The lowest BCUT2D eigenvalue weighted by Gasteiger charge is -2.22. The fourth-order valence-corrected chi connectivity index (χ4v) is 3.97. The summed E-state index contributed by atoms with van der Waals surface area (Å²) in [6.07, 6.45) is 1.20. The van der Waals surface area contributed by atoms with Crippen molar-refractivity contribution in [2.45, 2.75) is 45.1 Å². The Labute approximate surface area is 187 Å². The molecule has 1 heterocycles. The normalized spacial score (nSPS) is 16.7. The lowest BCUT2D eigenvalue weighted by atomic mass is 9.86.